The summed E-state index contributed by atoms with van der Waals surface area (Å²) >= 11 is 5.75. The highest BCUT2D eigenvalue weighted by atomic mass is 35.5. The van der Waals surface area contributed by atoms with E-state index in [9.17, 15) is 4.79 Å². The molecule has 0 unspecified atom stereocenters. The van der Waals surface area contributed by atoms with E-state index in [1.54, 1.807) is 12.1 Å². The summed E-state index contributed by atoms with van der Waals surface area (Å²) < 4.78 is 0. The van der Waals surface area contributed by atoms with Crippen LogP contribution in [0.2, 0.25) is 5.02 Å². The summed E-state index contributed by atoms with van der Waals surface area (Å²) in [6, 6.07) is 7.15. The smallest absolute Gasteiger partial charge is 0.260 e. The van der Waals surface area contributed by atoms with E-state index in [4.69, 9.17) is 16.4 Å². The molecule has 0 heterocycles. The van der Waals surface area contributed by atoms with Crippen molar-refractivity contribution < 1.29 is 9.63 Å². The van der Waals surface area contributed by atoms with Gasteiger partial charge in [0.2, 0.25) is 0 Å². The first-order valence-electron chi connectivity index (χ1n) is 5.75. The van der Waals surface area contributed by atoms with Gasteiger partial charge in [-0.3, -0.25) is 4.79 Å². The Hall–Kier alpha value is -1.55. The van der Waals surface area contributed by atoms with Gasteiger partial charge in [0.1, 0.15) is 0 Å². The Balaban J connectivity index is 2.24. The normalized spacial score (nSPS) is 10.9. The summed E-state index contributed by atoms with van der Waals surface area (Å²) in [6.07, 6.45) is 1.53. The average Bonchev–Trinajstić information content (AvgIpc) is 2.34. The number of carbonyl (C=O) groups excluding carboxylic acids is 1. The zero-order valence-corrected chi connectivity index (χ0v) is 11.3. The maximum atomic E-state index is 11.3. The van der Waals surface area contributed by atoms with Crippen molar-refractivity contribution in [2.24, 2.45) is 11.1 Å². The molecule has 0 bridgehead atoms. The Morgan fingerprint density at radius 1 is 1.44 bits per heavy atom. The van der Waals surface area contributed by atoms with Crippen molar-refractivity contribution in [1.29, 1.82) is 0 Å². The highest BCUT2D eigenvalue weighted by molar-refractivity contribution is 6.30. The van der Waals surface area contributed by atoms with Crippen LogP contribution in [0, 0.1) is 5.92 Å². The monoisotopic (exact) mass is 268 g/mol. The van der Waals surface area contributed by atoms with E-state index >= 15 is 0 Å². The van der Waals surface area contributed by atoms with Crippen LogP contribution in [-0.2, 0) is 9.63 Å². The van der Waals surface area contributed by atoms with E-state index in [1.807, 2.05) is 26.0 Å². The van der Waals surface area contributed by atoms with Crippen LogP contribution in [0.15, 0.2) is 29.4 Å². The lowest BCUT2D eigenvalue weighted by atomic mass is 10.2. The fraction of sp³-hybridized carbons (Fsp3) is 0.385. The molecule has 1 aromatic rings. The number of nitrogens with zero attached hydrogens (tertiary/aromatic N) is 1. The molecule has 0 radical (unpaired) electrons. The van der Waals surface area contributed by atoms with Crippen LogP contribution in [0.4, 0.5) is 0 Å². The summed E-state index contributed by atoms with van der Waals surface area (Å²) in [4.78, 5) is 16.2. The molecule has 4 nitrogen and oxygen atoms in total. The molecule has 0 fully saturated rings. The van der Waals surface area contributed by atoms with Gasteiger partial charge in [-0.25, -0.2) is 0 Å². The van der Waals surface area contributed by atoms with Crippen LogP contribution in [0.5, 0.6) is 0 Å². The summed E-state index contributed by atoms with van der Waals surface area (Å²) in [5.41, 5.74) is 0.863. The molecule has 0 spiro atoms. The Kier molecular flexibility index (Phi) is 6.22. The van der Waals surface area contributed by atoms with Gasteiger partial charge >= 0.3 is 0 Å². The average molecular weight is 269 g/mol. The second-order valence-electron chi connectivity index (χ2n) is 4.26. The summed E-state index contributed by atoms with van der Waals surface area (Å²) in [5.74, 6) is 0.253. The minimum absolute atomic E-state index is 0.0726. The topological polar surface area (TPSA) is 50.7 Å². The summed E-state index contributed by atoms with van der Waals surface area (Å²) in [7, 11) is 0. The predicted octanol–water partition coefficient (Wildman–Crippen LogP) is 2.46. The van der Waals surface area contributed by atoms with Crippen molar-refractivity contribution in [3.05, 3.63) is 34.9 Å². The number of benzene rings is 1. The van der Waals surface area contributed by atoms with E-state index in [2.05, 4.69) is 10.5 Å². The minimum Gasteiger partial charge on any atom is -0.386 e. The molecular formula is C13H17ClN2O2. The molecule has 0 saturated heterocycles. The molecule has 1 amide bonds. The van der Waals surface area contributed by atoms with Gasteiger partial charge in [0.15, 0.2) is 6.61 Å². The lowest BCUT2D eigenvalue weighted by Crippen LogP contribution is -2.30. The largest absolute Gasteiger partial charge is 0.386 e. The standard InChI is InChI=1S/C13H17ClN2O2/c1-10(2)7-15-13(17)9-18-16-8-11-3-5-12(14)6-4-11/h3-6,8,10H,7,9H2,1-2H3,(H,15,17)/b16-8+. The molecular weight excluding hydrogens is 252 g/mol. The highest BCUT2D eigenvalue weighted by Crippen LogP contribution is 2.07. The molecule has 0 saturated carbocycles. The van der Waals surface area contributed by atoms with Gasteiger partial charge in [-0.2, -0.15) is 0 Å². The Bertz CT molecular complexity index is 402. The van der Waals surface area contributed by atoms with E-state index < -0.39 is 0 Å². The molecule has 1 aromatic carbocycles. The van der Waals surface area contributed by atoms with Gasteiger partial charge < -0.3 is 10.2 Å². The van der Waals surface area contributed by atoms with Crippen LogP contribution < -0.4 is 5.32 Å². The van der Waals surface area contributed by atoms with Crippen molar-refractivity contribution in [3.63, 3.8) is 0 Å². The third-order valence-corrected chi connectivity index (χ3v) is 2.30. The van der Waals surface area contributed by atoms with E-state index in [0.717, 1.165) is 5.56 Å². The first kappa shape index (κ1) is 14.5. The third kappa shape index (κ3) is 6.25. The quantitative estimate of drug-likeness (QED) is 0.636. The van der Waals surface area contributed by atoms with Crippen molar-refractivity contribution in [1.82, 2.24) is 5.32 Å². The first-order valence-corrected chi connectivity index (χ1v) is 6.13. The number of nitrogens with one attached hydrogen (secondary N) is 1. The second kappa shape index (κ2) is 7.71. The molecule has 5 heteroatoms. The maximum absolute atomic E-state index is 11.3. The van der Waals surface area contributed by atoms with E-state index in [1.165, 1.54) is 6.21 Å². The Morgan fingerprint density at radius 3 is 2.72 bits per heavy atom. The zero-order valence-electron chi connectivity index (χ0n) is 10.5. The predicted molar refractivity (Wildman–Crippen MR) is 72.8 cm³/mol. The van der Waals surface area contributed by atoms with Crippen molar-refractivity contribution >= 4 is 23.7 Å². The van der Waals surface area contributed by atoms with Crippen LogP contribution in [0.25, 0.3) is 0 Å². The fourth-order valence-corrected chi connectivity index (χ4v) is 1.24. The minimum atomic E-state index is -0.169. The number of amides is 1. The molecule has 0 aliphatic rings. The molecule has 0 aliphatic carbocycles. The van der Waals surface area contributed by atoms with Crippen LogP contribution in [0.1, 0.15) is 19.4 Å². The van der Waals surface area contributed by atoms with Crippen LogP contribution >= 0.6 is 11.6 Å². The van der Waals surface area contributed by atoms with Gasteiger partial charge in [-0.05, 0) is 23.6 Å². The van der Waals surface area contributed by atoms with Gasteiger partial charge in [0.05, 0.1) is 6.21 Å². The SMILES string of the molecule is CC(C)CNC(=O)CO/N=C/c1ccc(Cl)cc1. The molecule has 98 valence electrons. The molecule has 1 N–H and O–H groups in total. The summed E-state index contributed by atoms with van der Waals surface area (Å²) in [5, 5.41) is 7.11. The molecule has 18 heavy (non-hydrogen) atoms. The van der Waals surface area contributed by atoms with Crippen LogP contribution in [-0.4, -0.2) is 25.3 Å². The summed E-state index contributed by atoms with van der Waals surface area (Å²) in [6.45, 7) is 4.62. The fourth-order valence-electron chi connectivity index (χ4n) is 1.11. The lowest BCUT2D eigenvalue weighted by molar-refractivity contribution is -0.125. The number of oxime groups is 1. The first-order chi connectivity index (χ1) is 8.58. The van der Waals surface area contributed by atoms with Crippen molar-refractivity contribution in [3.8, 4) is 0 Å². The zero-order chi connectivity index (χ0) is 13.4. The number of halogens is 1. The second-order valence-corrected chi connectivity index (χ2v) is 4.69. The Labute approximate surface area is 112 Å². The van der Waals surface area contributed by atoms with Crippen LogP contribution in [0.3, 0.4) is 0 Å². The third-order valence-electron chi connectivity index (χ3n) is 2.05. The van der Waals surface area contributed by atoms with Crippen molar-refractivity contribution in [2.75, 3.05) is 13.2 Å². The maximum Gasteiger partial charge on any atom is 0.260 e. The van der Waals surface area contributed by atoms with Gasteiger partial charge in [0.25, 0.3) is 5.91 Å². The number of hydrogen-bond donors (Lipinski definition) is 1. The van der Waals surface area contributed by atoms with E-state index in [0.29, 0.717) is 17.5 Å². The lowest BCUT2D eigenvalue weighted by Gasteiger charge is -2.06. The molecule has 1 rings (SSSR count). The number of carbonyl (C=O) groups is 1. The molecule has 0 aromatic heterocycles. The highest BCUT2D eigenvalue weighted by Gasteiger charge is 2.01. The number of hydrogen-bond acceptors (Lipinski definition) is 3. The van der Waals surface area contributed by atoms with Gasteiger partial charge in [-0.15, -0.1) is 0 Å². The molecule has 0 aliphatic heterocycles. The van der Waals surface area contributed by atoms with Crippen molar-refractivity contribution in [2.45, 2.75) is 13.8 Å². The number of rotatable bonds is 6. The Morgan fingerprint density at radius 2 is 2.11 bits per heavy atom. The van der Waals surface area contributed by atoms with Gasteiger partial charge in [-0.1, -0.05) is 42.7 Å². The molecule has 0 atom stereocenters. The van der Waals surface area contributed by atoms with E-state index in [-0.39, 0.29) is 12.5 Å². The van der Waals surface area contributed by atoms with Gasteiger partial charge in [0, 0.05) is 11.6 Å².